The van der Waals surface area contributed by atoms with Gasteiger partial charge in [0, 0.05) is 6.54 Å². The Hall–Kier alpha value is -3.64. The summed E-state index contributed by atoms with van der Waals surface area (Å²) < 4.78 is 10.7. The van der Waals surface area contributed by atoms with Gasteiger partial charge in [0.05, 0.1) is 27.0 Å². The molecule has 1 unspecified atom stereocenters. The number of carbonyl (C=O) groups is 1. The lowest BCUT2D eigenvalue weighted by atomic mass is 10.1. The van der Waals surface area contributed by atoms with Gasteiger partial charge in [-0.2, -0.15) is 5.10 Å². The number of carbonyl (C=O) groups excluding carboxylic acids is 1. The molecule has 0 aromatic heterocycles. The van der Waals surface area contributed by atoms with Crippen LogP contribution in [0.2, 0.25) is 0 Å². The van der Waals surface area contributed by atoms with Crippen molar-refractivity contribution in [2.75, 3.05) is 20.8 Å². The summed E-state index contributed by atoms with van der Waals surface area (Å²) in [6.07, 6.45) is 1.37. The summed E-state index contributed by atoms with van der Waals surface area (Å²) in [5.41, 5.74) is 2.95. The second kappa shape index (κ2) is 9.45. The van der Waals surface area contributed by atoms with Crippen molar-refractivity contribution < 1.29 is 14.3 Å². The molecule has 1 amide bonds. The first-order valence-corrected chi connectivity index (χ1v) is 10.1. The molecule has 6 heteroatoms. The van der Waals surface area contributed by atoms with Gasteiger partial charge in [-0.3, -0.25) is 9.69 Å². The van der Waals surface area contributed by atoms with Crippen LogP contribution >= 0.6 is 0 Å². The van der Waals surface area contributed by atoms with Crippen LogP contribution in [-0.2, 0) is 11.3 Å². The van der Waals surface area contributed by atoms with Gasteiger partial charge in [-0.15, -0.1) is 0 Å². The van der Waals surface area contributed by atoms with Crippen molar-refractivity contribution in [2.24, 2.45) is 5.10 Å². The molecule has 1 aliphatic rings. The third-order valence-corrected chi connectivity index (χ3v) is 5.22. The first-order chi connectivity index (χ1) is 15.2. The standard InChI is InChI=1S/C25H25N3O3/c1-30-22-12-6-10-20(14-22)16-26-28-24(29)18-27(17-19-8-4-3-5-9-19)25(28)21-11-7-13-23(15-21)31-2/h3-16,25H,17-18H2,1-2H3. The Balaban J connectivity index is 1.67. The largest absolute Gasteiger partial charge is 0.497 e. The molecule has 0 saturated carbocycles. The predicted octanol–water partition coefficient (Wildman–Crippen LogP) is 4.08. The second-order valence-electron chi connectivity index (χ2n) is 7.30. The summed E-state index contributed by atoms with van der Waals surface area (Å²) in [5, 5.41) is 6.13. The number of ether oxygens (including phenoxy) is 2. The van der Waals surface area contributed by atoms with Gasteiger partial charge in [0.15, 0.2) is 0 Å². The highest BCUT2D eigenvalue weighted by Gasteiger charge is 2.39. The van der Waals surface area contributed by atoms with Gasteiger partial charge in [0.2, 0.25) is 0 Å². The Labute approximate surface area is 182 Å². The molecule has 3 aromatic carbocycles. The molecule has 1 saturated heterocycles. The molecule has 6 nitrogen and oxygen atoms in total. The fourth-order valence-corrected chi connectivity index (χ4v) is 3.72. The Morgan fingerprint density at radius 2 is 1.65 bits per heavy atom. The quantitative estimate of drug-likeness (QED) is 0.546. The lowest BCUT2D eigenvalue weighted by Gasteiger charge is -2.27. The molecule has 31 heavy (non-hydrogen) atoms. The summed E-state index contributed by atoms with van der Waals surface area (Å²) >= 11 is 0. The SMILES string of the molecule is COc1cccc(C=NN2C(=O)CN(Cc3ccccc3)C2c2cccc(OC)c2)c1. The average molecular weight is 415 g/mol. The fourth-order valence-electron chi connectivity index (χ4n) is 3.72. The van der Waals surface area contributed by atoms with Crippen LogP contribution in [0.15, 0.2) is 84.0 Å². The molecule has 0 radical (unpaired) electrons. The van der Waals surface area contributed by atoms with E-state index in [1.165, 1.54) is 0 Å². The van der Waals surface area contributed by atoms with E-state index in [9.17, 15) is 4.79 Å². The van der Waals surface area contributed by atoms with E-state index in [4.69, 9.17) is 9.47 Å². The smallest absolute Gasteiger partial charge is 0.258 e. The van der Waals surface area contributed by atoms with E-state index in [1.807, 2.05) is 66.7 Å². The maximum atomic E-state index is 13.0. The van der Waals surface area contributed by atoms with Crippen molar-refractivity contribution in [2.45, 2.75) is 12.7 Å². The van der Waals surface area contributed by atoms with Crippen molar-refractivity contribution >= 4 is 12.1 Å². The minimum atomic E-state index is -0.329. The number of benzene rings is 3. The zero-order valence-electron chi connectivity index (χ0n) is 17.6. The third-order valence-electron chi connectivity index (χ3n) is 5.22. The molecule has 1 heterocycles. The summed E-state index contributed by atoms with van der Waals surface area (Å²) in [5.74, 6) is 1.43. The average Bonchev–Trinajstić information content (AvgIpc) is 3.13. The van der Waals surface area contributed by atoms with Gasteiger partial charge in [-0.1, -0.05) is 54.6 Å². The van der Waals surface area contributed by atoms with Gasteiger partial charge in [0.25, 0.3) is 5.91 Å². The van der Waals surface area contributed by atoms with Crippen LogP contribution in [0.3, 0.4) is 0 Å². The van der Waals surface area contributed by atoms with Crippen molar-refractivity contribution in [3.8, 4) is 11.5 Å². The summed E-state index contributed by atoms with van der Waals surface area (Å²) in [6.45, 7) is 0.922. The van der Waals surface area contributed by atoms with Crippen LogP contribution in [0.1, 0.15) is 22.9 Å². The topological polar surface area (TPSA) is 54.4 Å². The summed E-state index contributed by atoms with van der Waals surface area (Å²) in [7, 11) is 3.26. The van der Waals surface area contributed by atoms with E-state index < -0.39 is 0 Å². The molecular formula is C25H25N3O3. The zero-order valence-corrected chi connectivity index (χ0v) is 17.6. The Bertz CT molecular complexity index is 1070. The molecule has 0 aliphatic carbocycles. The van der Waals surface area contributed by atoms with Crippen molar-refractivity contribution in [3.05, 3.63) is 95.6 Å². The lowest BCUT2D eigenvalue weighted by Crippen LogP contribution is -2.28. The number of nitrogens with zero attached hydrogens (tertiary/aromatic N) is 3. The number of amides is 1. The third kappa shape index (κ3) is 4.75. The van der Waals surface area contributed by atoms with E-state index in [1.54, 1.807) is 25.4 Å². The second-order valence-corrected chi connectivity index (χ2v) is 7.30. The van der Waals surface area contributed by atoms with E-state index >= 15 is 0 Å². The molecule has 0 N–H and O–H groups in total. The van der Waals surface area contributed by atoms with Crippen molar-refractivity contribution in [3.63, 3.8) is 0 Å². The first-order valence-electron chi connectivity index (χ1n) is 10.1. The van der Waals surface area contributed by atoms with Gasteiger partial charge in [0.1, 0.15) is 17.7 Å². The van der Waals surface area contributed by atoms with Crippen molar-refractivity contribution in [1.82, 2.24) is 9.91 Å². The molecule has 158 valence electrons. The summed E-state index contributed by atoms with van der Waals surface area (Å²) in [4.78, 5) is 15.1. The zero-order chi connectivity index (χ0) is 21.6. The maximum Gasteiger partial charge on any atom is 0.258 e. The van der Waals surface area contributed by atoms with Crippen LogP contribution in [0, 0.1) is 0 Å². The van der Waals surface area contributed by atoms with Gasteiger partial charge in [-0.05, 0) is 41.0 Å². The number of hydrogen-bond donors (Lipinski definition) is 0. The molecule has 0 bridgehead atoms. The van der Waals surface area contributed by atoms with Crippen LogP contribution in [0.5, 0.6) is 11.5 Å². The number of methoxy groups -OCH3 is 2. The monoisotopic (exact) mass is 415 g/mol. The molecule has 1 fully saturated rings. The van der Waals surface area contributed by atoms with Crippen LogP contribution in [0.25, 0.3) is 0 Å². The molecular weight excluding hydrogens is 390 g/mol. The first kappa shape index (κ1) is 20.6. The molecule has 4 rings (SSSR count). The molecule has 1 atom stereocenters. The van der Waals surface area contributed by atoms with E-state index in [-0.39, 0.29) is 18.6 Å². The molecule has 1 aliphatic heterocycles. The minimum Gasteiger partial charge on any atom is -0.497 e. The number of hydrazone groups is 1. The van der Waals surface area contributed by atoms with Gasteiger partial charge >= 0.3 is 0 Å². The van der Waals surface area contributed by atoms with E-state index in [0.29, 0.717) is 6.54 Å². The highest BCUT2D eigenvalue weighted by atomic mass is 16.5. The predicted molar refractivity (Wildman–Crippen MR) is 120 cm³/mol. The van der Waals surface area contributed by atoms with Crippen molar-refractivity contribution in [1.29, 1.82) is 0 Å². The Morgan fingerprint density at radius 3 is 2.39 bits per heavy atom. The van der Waals surface area contributed by atoms with Crippen LogP contribution < -0.4 is 9.47 Å². The maximum absolute atomic E-state index is 13.0. The lowest BCUT2D eigenvalue weighted by molar-refractivity contribution is -0.128. The number of hydrogen-bond acceptors (Lipinski definition) is 5. The fraction of sp³-hybridized carbons (Fsp3) is 0.200. The summed E-state index contributed by atoms with van der Waals surface area (Å²) in [6, 6.07) is 25.5. The Kier molecular flexibility index (Phi) is 6.29. The normalized spacial score (nSPS) is 16.8. The molecule has 0 spiro atoms. The Morgan fingerprint density at radius 1 is 0.935 bits per heavy atom. The van der Waals surface area contributed by atoms with Crippen LogP contribution in [-0.4, -0.2) is 42.8 Å². The highest BCUT2D eigenvalue weighted by Crippen LogP contribution is 2.34. The molecule has 3 aromatic rings. The minimum absolute atomic E-state index is 0.0529. The highest BCUT2D eigenvalue weighted by molar-refractivity contribution is 5.85. The van der Waals surface area contributed by atoms with Gasteiger partial charge < -0.3 is 9.47 Å². The van der Waals surface area contributed by atoms with Crippen LogP contribution in [0.4, 0.5) is 0 Å². The van der Waals surface area contributed by atoms with E-state index in [2.05, 4.69) is 22.1 Å². The van der Waals surface area contributed by atoms with Gasteiger partial charge in [-0.25, -0.2) is 5.01 Å². The van der Waals surface area contributed by atoms with E-state index in [0.717, 1.165) is 28.2 Å². The number of rotatable bonds is 7.